The van der Waals surface area contributed by atoms with E-state index in [1.54, 1.807) is 19.4 Å². The Kier molecular flexibility index (Phi) is 3.81. The monoisotopic (exact) mass is 307 g/mol. The fourth-order valence-electron chi connectivity index (χ4n) is 1.60. The highest BCUT2D eigenvalue weighted by Crippen LogP contribution is 2.28. The number of aryl methyl sites for hydroxylation is 2. The summed E-state index contributed by atoms with van der Waals surface area (Å²) in [6.45, 7) is 4.05. The Labute approximate surface area is 115 Å². The number of hydrogen-bond donors (Lipinski definition) is 1. The van der Waals surface area contributed by atoms with Crippen molar-refractivity contribution in [1.29, 1.82) is 0 Å². The lowest BCUT2D eigenvalue weighted by atomic mass is 10.1. The van der Waals surface area contributed by atoms with Crippen LogP contribution in [0.15, 0.2) is 29.0 Å². The van der Waals surface area contributed by atoms with Gasteiger partial charge in [-0.25, -0.2) is 0 Å². The van der Waals surface area contributed by atoms with E-state index in [0.29, 0.717) is 11.7 Å². The Morgan fingerprint density at radius 1 is 1.17 bits per heavy atom. The zero-order valence-corrected chi connectivity index (χ0v) is 12.1. The topological polar surface area (TPSA) is 47.0 Å². The normalized spacial score (nSPS) is 10.2. The highest BCUT2D eigenvalue weighted by molar-refractivity contribution is 9.10. The summed E-state index contributed by atoms with van der Waals surface area (Å²) in [6.07, 6.45) is 3.23. The van der Waals surface area contributed by atoms with Crippen LogP contribution in [0.4, 0.5) is 5.82 Å². The van der Waals surface area contributed by atoms with E-state index < -0.39 is 0 Å². The van der Waals surface area contributed by atoms with Crippen molar-refractivity contribution in [1.82, 2.24) is 9.97 Å². The summed E-state index contributed by atoms with van der Waals surface area (Å²) in [4.78, 5) is 8.32. The van der Waals surface area contributed by atoms with Crippen LogP contribution < -0.4 is 10.1 Å². The standard InChI is InChI=1S/C13H14BrN3O/c1-8-4-10(5-9(2)13(8)14)18-12-7-16-6-11(15-3)17-12/h4-7H,1-3H3,(H,15,17). The molecule has 0 aliphatic rings. The fraction of sp³-hybridized carbons (Fsp3) is 0.231. The first-order chi connectivity index (χ1) is 8.60. The maximum absolute atomic E-state index is 5.70. The number of anilines is 1. The molecule has 0 saturated carbocycles. The molecule has 0 bridgehead atoms. The summed E-state index contributed by atoms with van der Waals surface area (Å²) < 4.78 is 6.80. The molecule has 2 rings (SSSR count). The fourth-order valence-corrected chi connectivity index (χ4v) is 1.83. The predicted octanol–water partition coefficient (Wildman–Crippen LogP) is 3.69. The number of nitrogens with zero attached hydrogens (tertiary/aromatic N) is 2. The molecular formula is C13H14BrN3O. The highest BCUT2D eigenvalue weighted by Gasteiger charge is 2.05. The van der Waals surface area contributed by atoms with Gasteiger partial charge < -0.3 is 10.1 Å². The Morgan fingerprint density at radius 3 is 2.44 bits per heavy atom. The van der Waals surface area contributed by atoms with Gasteiger partial charge in [-0.2, -0.15) is 4.98 Å². The number of benzene rings is 1. The van der Waals surface area contributed by atoms with Gasteiger partial charge in [-0.1, -0.05) is 15.9 Å². The van der Waals surface area contributed by atoms with Gasteiger partial charge in [0.25, 0.3) is 0 Å². The Balaban J connectivity index is 2.28. The van der Waals surface area contributed by atoms with E-state index in [0.717, 1.165) is 21.3 Å². The van der Waals surface area contributed by atoms with Gasteiger partial charge in [0.05, 0.1) is 12.4 Å². The van der Waals surface area contributed by atoms with E-state index in [4.69, 9.17) is 4.74 Å². The molecule has 18 heavy (non-hydrogen) atoms. The van der Waals surface area contributed by atoms with Gasteiger partial charge >= 0.3 is 0 Å². The molecule has 5 heteroatoms. The third-order valence-corrected chi connectivity index (χ3v) is 3.75. The van der Waals surface area contributed by atoms with E-state index in [9.17, 15) is 0 Å². The van der Waals surface area contributed by atoms with Crippen molar-refractivity contribution in [2.24, 2.45) is 0 Å². The molecular weight excluding hydrogens is 294 g/mol. The molecule has 0 fully saturated rings. The van der Waals surface area contributed by atoms with E-state index in [2.05, 4.69) is 31.2 Å². The van der Waals surface area contributed by atoms with Crippen molar-refractivity contribution in [3.63, 3.8) is 0 Å². The molecule has 0 aliphatic heterocycles. The summed E-state index contributed by atoms with van der Waals surface area (Å²) in [5.41, 5.74) is 2.26. The van der Waals surface area contributed by atoms with Crippen molar-refractivity contribution in [3.8, 4) is 11.6 Å². The lowest BCUT2D eigenvalue weighted by Crippen LogP contribution is -1.96. The molecule has 2 aromatic rings. The lowest BCUT2D eigenvalue weighted by Gasteiger charge is -2.09. The second kappa shape index (κ2) is 5.35. The van der Waals surface area contributed by atoms with Crippen LogP contribution in [0.5, 0.6) is 11.6 Å². The van der Waals surface area contributed by atoms with Crippen molar-refractivity contribution < 1.29 is 4.74 Å². The van der Waals surface area contributed by atoms with E-state index >= 15 is 0 Å². The zero-order valence-electron chi connectivity index (χ0n) is 10.5. The highest BCUT2D eigenvalue weighted by atomic mass is 79.9. The average Bonchev–Trinajstić information content (AvgIpc) is 2.36. The van der Waals surface area contributed by atoms with Crippen LogP contribution >= 0.6 is 15.9 Å². The summed E-state index contributed by atoms with van der Waals surface area (Å²) >= 11 is 3.53. The van der Waals surface area contributed by atoms with Crippen LogP contribution in [0.2, 0.25) is 0 Å². The molecule has 0 amide bonds. The molecule has 4 nitrogen and oxygen atoms in total. The average molecular weight is 308 g/mol. The van der Waals surface area contributed by atoms with Crippen LogP contribution in [0, 0.1) is 13.8 Å². The summed E-state index contributed by atoms with van der Waals surface area (Å²) in [6, 6.07) is 3.93. The maximum Gasteiger partial charge on any atom is 0.239 e. The predicted molar refractivity (Wildman–Crippen MR) is 75.3 cm³/mol. The van der Waals surface area contributed by atoms with E-state index in [1.165, 1.54) is 0 Å². The molecule has 0 radical (unpaired) electrons. The number of ether oxygens (including phenoxy) is 1. The molecule has 1 N–H and O–H groups in total. The van der Waals surface area contributed by atoms with Crippen molar-refractivity contribution in [2.45, 2.75) is 13.8 Å². The van der Waals surface area contributed by atoms with Crippen molar-refractivity contribution in [2.75, 3.05) is 12.4 Å². The third kappa shape index (κ3) is 2.79. The van der Waals surface area contributed by atoms with Crippen LogP contribution in [0.3, 0.4) is 0 Å². The van der Waals surface area contributed by atoms with Crippen LogP contribution in [-0.2, 0) is 0 Å². The van der Waals surface area contributed by atoms with E-state index in [1.807, 2.05) is 26.0 Å². The number of aromatic nitrogens is 2. The number of rotatable bonds is 3. The van der Waals surface area contributed by atoms with Gasteiger partial charge in [0.1, 0.15) is 11.6 Å². The van der Waals surface area contributed by atoms with E-state index in [-0.39, 0.29) is 0 Å². The quantitative estimate of drug-likeness (QED) is 0.939. The molecule has 1 aromatic heterocycles. The largest absolute Gasteiger partial charge is 0.437 e. The van der Waals surface area contributed by atoms with Gasteiger partial charge in [-0.3, -0.25) is 4.98 Å². The first-order valence-electron chi connectivity index (χ1n) is 5.54. The lowest BCUT2D eigenvalue weighted by molar-refractivity contribution is 0.460. The molecule has 0 atom stereocenters. The maximum atomic E-state index is 5.70. The number of nitrogens with one attached hydrogen (secondary N) is 1. The Morgan fingerprint density at radius 2 is 1.83 bits per heavy atom. The first-order valence-corrected chi connectivity index (χ1v) is 6.34. The number of hydrogen-bond acceptors (Lipinski definition) is 4. The summed E-state index contributed by atoms with van der Waals surface area (Å²) in [7, 11) is 1.79. The smallest absolute Gasteiger partial charge is 0.239 e. The van der Waals surface area contributed by atoms with Crippen LogP contribution in [0.25, 0.3) is 0 Å². The molecule has 94 valence electrons. The van der Waals surface area contributed by atoms with Gasteiger partial charge in [0.15, 0.2) is 0 Å². The molecule has 1 aromatic carbocycles. The van der Waals surface area contributed by atoms with Crippen LogP contribution in [0.1, 0.15) is 11.1 Å². The molecule has 0 aliphatic carbocycles. The van der Waals surface area contributed by atoms with Crippen LogP contribution in [-0.4, -0.2) is 17.0 Å². The minimum atomic E-state index is 0.475. The Hall–Kier alpha value is -1.62. The summed E-state index contributed by atoms with van der Waals surface area (Å²) in [5.74, 6) is 1.91. The molecule has 1 heterocycles. The summed E-state index contributed by atoms with van der Waals surface area (Å²) in [5, 5.41) is 2.92. The molecule has 0 saturated heterocycles. The molecule has 0 unspecified atom stereocenters. The molecule has 0 spiro atoms. The third-order valence-electron chi connectivity index (χ3n) is 2.50. The minimum Gasteiger partial charge on any atom is -0.437 e. The van der Waals surface area contributed by atoms with Gasteiger partial charge in [-0.15, -0.1) is 0 Å². The second-order valence-electron chi connectivity index (χ2n) is 3.97. The Bertz CT molecular complexity index is 549. The number of halogens is 1. The van der Waals surface area contributed by atoms with Gasteiger partial charge in [0, 0.05) is 11.5 Å². The van der Waals surface area contributed by atoms with Crippen molar-refractivity contribution in [3.05, 3.63) is 40.1 Å². The zero-order chi connectivity index (χ0) is 13.1. The van der Waals surface area contributed by atoms with Gasteiger partial charge in [0.2, 0.25) is 5.88 Å². The van der Waals surface area contributed by atoms with Gasteiger partial charge in [-0.05, 0) is 37.1 Å². The minimum absolute atomic E-state index is 0.475. The first kappa shape index (κ1) is 12.8. The SMILES string of the molecule is CNc1cncc(Oc2cc(C)c(Br)c(C)c2)n1. The second-order valence-corrected chi connectivity index (χ2v) is 4.76. The van der Waals surface area contributed by atoms with Crippen molar-refractivity contribution >= 4 is 21.7 Å².